The van der Waals surface area contributed by atoms with Crippen LogP contribution < -0.4 is 5.32 Å². The molecule has 2 N–H and O–H groups in total. The Hall–Kier alpha value is -0.450. The molecule has 3 nitrogen and oxygen atoms in total. The van der Waals surface area contributed by atoms with Crippen LogP contribution in [0, 0.1) is 12.3 Å². The molecule has 0 aromatic carbocycles. The summed E-state index contributed by atoms with van der Waals surface area (Å²) in [6.07, 6.45) is 2.01. The fraction of sp³-hybridized carbons (Fsp3) is 0.750. The molecule has 0 spiro atoms. The lowest BCUT2D eigenvalue weighted by Gasteiger charge is -2.29. The maximum atomic E-state index is 9.42. The number of aryl methyl sites for hydroxylation is 1. The van der Waals surface area contributed by atoms with Gasteiger partial charge in [-0.3, -0.25) is 0 Å². The predicted octanol–water partition coefficient (Wildman–Crippen LogP) is 2.34. The zero-order valence-corrected chi connectivity index (χ0v) is 11.2. The van der Waals surface area contributed by atoms with Gasteiger partial charge < -0.3 is 10.4 Å². The summed E-state index contributed by atoms with van der Waals surface area (Å²) in [5.41, 5.74) is 1.13. The summed E-state index contributed by atoms with van der Waals surface area (Å²) in [6, 6.07) is 0. The van der Waals surface area contributed by atoms with Gasteiger partial charge in [-0.05, 0) is 19.8 Å². The van der Waals surface area contributed by atoms with E-state index in [0.29, 0.717) is 0 Å². The normalized spacial score (nSPS) is 12.0. The number of nitrogens with one attached hydrogen (secondary N) is 1. The lowest BCUT2D eigenvalue weighted by atomic mass is 9.83. The van der Waals surface area contributed by atoms with Crippen LogP contribution in [0.1, 0.15) is 37.4 Å². The van der Waals surface area contributed by atoms with Crippen molar-refractivity contribution in [3.63, 3.8) is 0 Å². The Morgan fingerprint density at radius 2 is 2.12 bits per heavy atom. The van der Waals surface area contributed by atoms with Crippen molar-refractivity contribution in [3.8, 4) is 0 Å². The van der Waals surface area contributed by atoms with Crippen LogP contribution in [-0.2, 0) is 6.54 Å². The average molecular weight is 242 g/mol. The van der Waals surface area contributed by atoms with Gasteiger partial charge in [0.1, 0.15) is 0 Å². The maximum Gasteiger partial charge on any atom is 0.0897 e. The van der Waals surface area contributed by atoms with Crippen LogP contribution >= 0.6 is 11.3 Å². The monoisotopic (exact) mass is 242 g/mol. The Balaban J connectivity index is 2.39. The third-order valence-corrected chi connectivity index (χ3v) is 4.13. The van der Waals surface area contributed by atoms with E-state index in [2.05, 4.69) is 29.5 Å². The van der Waals surface area contributed by atoms with E-state index in [1.807, 2.05) is 6.92 Å². The van der Waals surface area contributed by atoms with Crippen molar-refractivity contribution in [1.29, 1.82) is 0 Å². The molecular formula is C12H22N2OS. The Morgan fingerprint density at radius 3 is 2.56 bits per heavy atom. The first kappa shape index (κ1) is 13.6. The van der Waals surface area contributed by atoms with Gasteiger partial charge >= 0.3 is 0 Å². The van der Waals surface area contributed by atoms with E-state index in [0.717, 1.165) is 36.6 Å². The Kier molecular flexibility index (Phi) is 5.38. The third-order valence-electron chi connectivity index (χ3n) is 3.31. The highest BCUT2D eigenvalue weighted by Crippen LogP contribution is 2.24. The minimum atomic E-state index is 0.0328. The van der Waals surface area contributed by atoms with Gasteiger partial charge in [0.05, 0.1) is 10.7 Å². The molecule has 0 aliphatic carbocycles. The first-order valence-corrected chi connectivity index (χ1v) is 6.76. The minimum Gasteiger partial charge on any atom is -0.396 e. The predicted molar refractivity (Wildman–Crippen MR) is 68.7 cm³/mol. The first-order chi connectivity index (χ1) is 7.65. The molecule has 0 fully saturated rings. The van der Waals surface area contributed by atoms with Crippen LogP contribution in [0.2, 0.25) is 0 Å². The van der Waals surface area contributed by atoms with Crippen LogP contribution in [0.3, 0.4) is 0 Å². The summed E-state index contributed by atoms with van der Waals surface area (Å²) in [7, 11) is 0. The van der Waals surface area contributed by atoms with Crippen LogP contribution in [0.4, 0.5) is 0 Å². The quantitative estimate of drug-likeness (QED) is 0.771. The summed E-state index contributed by atoms with van der Waals surface area (Å²) in [5, 5.41) is 16.0. The van der Waals surface area contributed by atoms with Gasteiger partial charge in [0, 0.05) is 30.5 Å². The van der Waals surface area contributed by atoms with Crippen molar-refractivity contribution in [3.05, 3.63) is 16.1 Å². The number of thiazole rings is 1. The standard InChI is InChI=1S/C12H22N2OS/c1-4-12(5-2,9-15)8-13-6-11-7-16-10(3)14-11/h7,13,15H,4-6,8-9H2,1-3H3. The average Bonchev–Trinajstić information content (AvgIpc) is 2.71. The molecule has 1 aromatic rings. The van der Waals surface area contributed by atoms with Crippen LogP contribution in [0.15, 0.2) is 5.38 Å². The Bertz CT molecular complexity index is 299. The molecule has 92 valence electrons. The lowest BCUT2D eigenvalue weighted by molar-refractivity contribution is 0.113. The molecule has 0 saturated heterocycles. The largest absolute Gasteiger partial charge is 0.396 e. The van der Waals surface area contributed by atoms with E-state index in [4.69, 9.17) is 0 Å². The zero-order chi connectivity index (χ0) is 12.0. The molecule has 0 amide bonds. The second-order valence-electron chi connectivity index (χ2n) is 4.33. The number of aromatic nitrogens is 1. The highest BCUT2D eigenvalue weighted by Gasteiger charge is 2.24. The van der Waals surface area contributed by atoms with Crippen molar-refractivity contribution in [2.45, 2.75) is 40.2 Å². The molecule has 0 aliphatic heterocycles. The molecule has 16 heavy (non-hydrogen) atoms. The maximum absolute atomic E-state index is 9.42. The SMILES string of the molecule is CCC(CC)(CO)CNCc1csc(C)n1. The second kappa shape index (κ2) is 6.33. The smallest absolute Gasteiger partial charge is 0.0897 e. The number of hydrogen-bond donors (Lipinski definition) is 2. The number of aliphatic hydroxyl groups is 1. The topological polar surface area (TPSA) is 45.1 Å². The van der Waals surface area contributed by atoms with Gasteiger partial charge in [0.15, 0.2) is 0 Å². The molecule has 0 atom stereocenters. The van der Waals surface area contributed by atoms with Crippen LogP contribution in [0.5, 0.6) is 0 Å². The van der Waals surface area contributed by atoms with E-state index < -0.39 is 0 Å². The van der Waals surface area contributed by atoms with Gasteiger partial charge in [0.25, 0.3) is 0 Å². The van der Waals surface area contributed by atoms with Gasteiger partial charge in [-0.15, -0.1) is 11.3 Å². The molecule has 0 aliphatic rings. The highest BCUT2D eigenvalue weighted by molar-refractivity contribution is 7.09. The van der Waals surface area contributed by atoms with E-state index in [9.17, 15) is 5.11 Å². The fourth-order valence-electron chi connectivity index (χ4n) is 1.72. The summed E-state index contributed by atoms with van der Waals surface area (Å²) in [4.78, 5) is 4.40. The van der Waals surface area contributed by atoms with Crippen molar-refractivity contribution in [2.24, 2.45) is 5.41 Å². The van der Waals surface area contributed by atoms with E-state index in [1.165, 1.54) is 0 Å². The highest BCUT2D eigenvalue weighted by atomic mass is 32.1. The van der Waals surface area contributed by atoms with E-state index >= 15 is 0 Å². The van der Waals surface area contributed by atoms with Gasteiger partial charge in [-0.2, -0.15) is 0 Å². The third kappa shape index (κ3) is 3.54. The van der Waals surface area contributed by atoms with Gasteiger partial charge in [-0.25, -0.2) is 4.98 Å². The van der Waals surface area contributed by atoms with E-state index in [1.54, 1.807) is 11.3 Å². The number of hydrogen-bond acceptors (Lipinski definition) is 4. The minimum absolute atomic E-state index is 0.0328. The van der Waals surface area contributed by atoms with Crippen molar-refractivity contribution in [1.82, 2.24) is 10.3 Å². The zero-order valence-electron chi connectivity index (χ0n) is 10.4. The second-order valence-corrected chi connectivity index (χ2v) is 5.39. The molecule has 0 radical (unpaired) electrons. The van der Waals surface area contributed by atoms with Crippen LogP contribution in [0.25, 0.3) is 0 Å². The lowest BCUT2D eigenvalue weighted by Crippen LogP contribution is -2.36. The number of nitrogens with zero attached hydrogens (tertiary/aromatic N) is 1. The molecule has 1 aromatic heterocycles. The summed E-state index contributed by atoms with van der Waals surface area (Å²) in [6.45, 7) is 8.19. The molecule has 0 bridgehead atoms. The summed E-state index contributed by atoms with van der Waals surface area (Å²) < 4.78 is 0. The number of aliphatic hydroxyl groups excluding tert-OH is 1. The van der Waals surface area contributed by atoms with Gasteiger partial charge in [0.2, 0.25) is 0 Å². The fourth-order valence-corrected chi connectivity index (χ4v) is 2.34. The molecule has 4 heteroatoms. The van der Waals surface area contributed by atoms with Crippen molar-refractivity contribution < 1.29 is 5.11 Å². The van der Waals surface area contributed by atoms with E-state index in [-0.39, 0.29) is 12.0 Å². The van der Waals surface area contributed by atoms with Crippen molar-refractivity contribution >= 4 is 11.3 Å². The first-order valence-electron chi connectivity index (χ1n) is 5.88. The molecule has 0 unspecified atom stereocenters. The van der Waals surface area contributed by atoms with Crippen LogP contribution in [-0.4, -0.2) is 23.2 Å². The molecule has 0 saturated carbocycles. The number of rotatable bonds is 7. The molecule has 1 rings (SSSR count). The Morgan fingerprint density at radius 1 is 1.44 bits per heavy atom. The van der Waals surface area contributed by atoms with Crippen molar-refractivity contribution in [2.75, 3.05) is 13.2 Å². The van der Waals surface area contributed by atoms with Gasteiger partial charge in [-0.1, -0.05) is 13.8 Å². The molecular weight excluding hydrogens is 220 g/mol. The Labute approximate surface area is 102 Å². The summed E-state index contributed by atoms with van der Waals surface area (Å²) in [5.74, 6) is 0. The summed E-state index contributed by atoms with van der Waals surface area (Å²) >= 11 is 1.68. The molecule has 1 heterocycles.